The molecule has 18 heavy (non-hydrogen) atoms. The summed E-state index contributed by atoms with van der Waals surface area (Å²) >= 11 is 1.78. The smallest absolute Gasteiger partial charge is 0.329 e. The normalized spacial score (nSPS) is 21.2. The van der Waals surface area contributed by atoms with Crippen LogP contribution in [0, 0.1) is 0 Å². The van der Waals surface area contributed by atoms with E-state index in [1.165, 1.54) is 4.90 Å². The lowest BCUT2D eigenvalue weighted by atomic mass is 10.1. The number of nitrogens with two attached hydrogens (primary N) is 1. The van der Waals surface area contributed by atoms with Crippen molar-refractivity contribution in [1.82, 2.24) is 9.80 Å². The van der Waals surface area contributed by atoms with Crippen LogP contribution in [0.2, 0.25) is 0 Å². The maximum absolute atomic E-state index is 12.3. The first-order valence-electron chi connectivity index (χ1n) is 6.18. The van der Waals surface area contributed by atoms with Crippen LogP contribution in [0.4, 0.5) is 13.2 Å². The fourth-order valence-corrected chi connectivity index (χ4v) is 2.75. The van der Waals surface area contributed by atoms with E-state index in [0.717, 1.165) is 12.2 Å². The molecule has 1 fully saturated rings. The summed E-state index contributed by atoms with van der Waals surface area (Å²) in [6, 6.07) is 0.311. The van der Waals surface area contributed by atoms with E-state index in [9.17, 15) is 13.2 Å². The molecule has 1 aliphatic rings. The second-order valence-electron chi connectivity index (χ2n) is 4.60. The van der Waals surface area contributed by atoms with Crippen molar-refractivity contribution in [3.05, 3.63) is 0 Å². The first-order chi connectivity index (χ1) is 8.46. The monoisotopic (exact) mass is 285 g/mol. The summed E-state index contributed by atoms with van der Waals surface area (Å²) in [5, 5.41) is 0. The van der Waals surface area contributed by atoms with Gasteiger partial charge in [-0.2, -0.15) is 24.9 Å². The summed E-state index contributed by atoms with van der Waals surface area (Å²) in [5.74, 6) is 1.05. The lowest BCUT2D eigenvalue weighted by molar-refractivity contribution is -0.149. The second-order valence-corrected chi connectivity index (χ2v) is 5.58. The minimum atomic E-state index is -4.09. The van der Waals surface area contributed by atoms with Gasteiger partial charge in [0, 0.05) is 38.8 Å². The van der Waals surface area contributed by atoms with Gasteiger partial charge in [0.15, 0.2) is 0 Å². The highest BCUT2D eigenvalue weighted by Crippen LogP contribution is 2.18. The molecule has 0 aromatic rings. The molecule has 1 aliphatic heterocycles. The third kappa shape index (κ3) is 5.77. The summed E-state index contributed by atoms with van der Waals surface area (Å²) < 4.78 is 36.8. The largest absolute Gasteiger partial charge is 0.401 e. The van der Waals surface area contributed by atoms with Crippen molar-refractivity contribution in [2.75, 3.05) is 51.3 Å². The van der Waals surface area contributed by atoms with Crippen molar-refractivity contribution < 1.29 is 13.2 Å². The second kappa shape index (κ2) is 7.57. The maximum atomic E-state index is 12.3. The number of hydrogen-bond acceptors (Lipinski definition) is 4. The first-order valence-corrected chi connectivity index (χ1v) is 7.58. The van der Waals surface area contributed by atoms with Crippen molar-refractivity contribution in [2.45, 2.75) is 18.6 Å². The molecule has 0 aliphatic carbocycles. The van der Waals surface area contributed by atoms with Gasteiger partial charge in [0.2, 0.25) is 0 Å². The van der Waals surface area contributed by atoms with Crippen LogP contribution in [0.1, 0.15) is 6.42 Å². The Morgan fingerprint density at radius 2 is 1.83 bits per heavy atom. The van der Waals surface area contributed by atoms with E-state index in [1.54, 1.807) is 11.8 Å². The Hall–Kier alpha value is 0.0200. The topological polar surface area (TPSA) is 32.5 Å². The van der Waals surface area contributed by atoms with Crippen LogP contribution in [-0.2, 0) is 0 Å². The van der Waals surface area contributed by atoms with E-state index in [2.05, 4.69) is 11.2 Å². The molecule has 0 radical (unpaired) electrons. The molecule has 1 heterocycles. The van der Waals surface area contributed by atoms with E-state index in [-0.39, 0.29) is 0 Å². The quantitative estimate of drug-likeness (QED) is 0.796. The Morgan fingerprint density at radius 3 is 2.28 bits per heavy atom. The number of halogens is 3. The number of alkyl halides is 3. The summed E-state index contributed by atoms with van der Waals surface area (Å²) in [7, 11) is 0. The van der Waals surface area contributed by atoms with Crippen LogP contribution in [-0.4, -0.2) is 73.3 Å². The third-order valence-electron chi connectivity index (χ3n) is 3.25. The minimum absolute atomic E-state index is 0.311. The molecule has 108 valence electrons. The summed E-state index contributed by atoms with van der Waals surface area (Å²) in [4.78, 5) is 3.70. The molecule has 3 nitrogen and oxygen atoms in total. The Balaban J connectivity index is 2.33. The molecule has 7 heteroatoms. The van der Waals surface area contributed by atoms with Gasteiger partial charge in [-0.1, -0.05) is 0 Å². The molecular weight excluding hydrogens is 263 g/mol. The Kier molecular flexibility index (Phi) is 6.76. The zero-order chi connectivity index (χ0) is 13.6. The molecule has 1 atom stereocenters. The average molecular weight is 285 g/mol. The lowest BCUT2D eigenvalue weighted by Gasteiger charge is -2.39. The van der Waals surface area contributed by atoms with E-state index in [0.29, 0.717) is 38.8 Å². The average Bonchev–Trinajstić information content (AvgIpc) is 2.30. The van der Waals surface area contributed by atoms with E-state index in [4.69, 9.17) is 5.73 Å². The summed E-state index contributed by atoms with van der Waals surface area (Å²) in [5.41, 5.74) is 5.74. The molecule has 1 rings (SSSR count). The number of rotatable bonds is 6. The van der Waals surface area contributed by atoms with Crippen molar-refractivity contribution in [3.8, 4) is 0 Å². The van der Waals surface area contributed by atoms with Gasteiger partial charge in [0.1, 0.15) is 0 Å². The van der Waals surface area contributed by atoms with Crippen LogP contribution < -0.4 is 5.73 Å². The highest BCUT2D eigenvalue weighted by atomic mass is 32.2. The van der Waals surface area contributed by atoms with Crippen LogP contribution in [0.3, 0.4) is 0 Å². The van der Waals surface area contributed by atoms with Crippen molar-refractivity contribution in [2.24, 2.45) is 5.73 Å². The standard InChI is InChI=1S/C11H22F3N3S/c1-18-7-2-10(8-15)17-5-3-16(4-6-17)9-11(12,13)14/h10H,2-9,15H2,1H3. The van der Waals surface area contributed by atoms with Crippen LogP contribution in [0.25, 0.3) is 0 Å². The van der Waals surface area contributed by atoms with Gasteiger partial charge in [-0.3, -0.25) is 9.80 Å². The maximum Gasteiger partial charge on any atom is 0.401 e. The van der Waals surface area contributed by atoms with E-state index >= 15 is 0 Å². The number of thioether (sulfide) groups is 1. The van der Waals surface area contributed by atoms with Gasteiger partial charge < -0.3 is 5.73 Å². The fraction of sp³-hybridized carbons (Fsp3) is 1.00. The predicted molar refractivity (Wildman–Crippen MR) is 69.9 cm³/mol. The van der Waals surface area contributed by atoms with Gasteiger partial charge in [0.25, 0.3) is 0 Å². The lowest BCUT2D eigenvalue weighted by Crippen LogP contribution is -2.53. The number of nitrogens with zero attached hydrogens (tertiary/aromatic N) is 2. The van der Waals surface area contributed by atoms with Crippen molar-refractivity contribution in [1.29, 1.82) is 0 Å². The number of piperazine rings is 1. The zero-order valence-corrected chi connectivity index (χ0v) is 11.6. The molecular formula is C11H22F3N3S. The molecule has 2 N–H and O–H groups in total. The van der Waals surface area contributed by atoms with Gasteiger partial charge in [-0.25, -0.2) is 0 Å². The molecule has 0 aromatic heterocycles. The predicted octanol–water partition coefficient (Wildman–Crippen LogP) is 1.25. The van der Waals surface area contributed by atoms with Gasteiger partial charge in [-0.05, 0) is 18.4 Å². The third-order valence-corrected chi connectivity index (χ3v) is 3.90. The fourth-order valence-electron chi connectivity index (χ4n) is 2.24. The molecule has 1 saturated heterocycles. The Labute approximate surface area is 111 Å². The van der Waals surface area contributed by atoms with Crippen molar-refractivity contribution in [3.63, 3.8) is 0 Å². The van der Waals surface area contributed by atoms with E-state index < -0.39 is 12.7 Å². The first kappa shape index (κ1) is 16.1. The Bertz CT molecular complexity index is 230. The van der Waals surface area contributed by atoms with E-state index in [1.807, 2.05) is 0 Å². The summed E-state index contributed by atoms with van der Waals surface area (Å²) in [6.07, 6.45) is -1.03. The van der Waals surface area contributed by atoms with Gasteiger partial charge in [-0.15, -0.1) is 0 Å². The highest BCUT2D eigenvalue weighted by Gasteiger charge is 2.32. The molecule has 0 bridgehead atoms. The molecule has 0 amide bonds. The Morgan fingerprint density at radius 1 is 1.22 bits per heavy atom. The summed E-state index contributed by atoms with van der Waals surface area (Å²) in [6.45, 7) is 2.13. The van der Waals surface area contributed by atoms with Crippen molar-refractivity contribution >= 4 is 11.8 Å². The SMILES string of the molecule is CSCCC(CN)N1CCN(CC(F)(F)F)CC1. The highest BCUT2D eigenvalue weighted by molar-refractivity contribution is 7.98. The zero-order valence-electron chi connectivity index (χ0n) is 10.7. The molecule has 0 saturated carbocycles. The van der Waals surface area contributed by atoms with Crippen LogP contribution in [0.5, 0.6) is 0 Å². The molecule has 0 spiro atoms. The number of hydrogen-bond donors (Lipinski definition) is 1. The molecule has 0 aromatic carbocycles. The molecule has 1 unspecified atom stereocenters. The van der Waals surface area contributed by atoms with Crippen LogP contribution in [0.15, 0.2) is 0 Å². The van der Waals surface area contributed by atoms with Gasteiger partial charge in [0.05, 0.1) is 6.54 Å². The van der Waals surface area contributed by atoms with Crippen LogP contribution >= 0.6 is 11.8 Å². The van der Waals surface area contributed by atoms with Gasteiger partial charge >= 0.3 is 6.18 Å². The minimum Gasteiger partial charge on any atom is -0.329 e.